The van der Waals surface area contributed by atoms with E-state index in [9.17, 15) is 5.11 Å². The van der Waals surface area contributed by atoms with Crippen molar-refractivity contribution < 1.29 is 5.11 Å². The first kappa shape index (κ1) is 13.9. The molecule has 0 amide bonds. The summed E-state index contributed by atoms with van der Waals surface area (Å²) < 4.78 is 0. The first-order valence-corrected chi connectivity index (χ1v) is 6.81. The van der Waals surface area contributed by atoms with Gasteiger partial charge in [-0.1, -0.05) is 33.1 Å². The van der Waals surface area contributed by atoms with Crippen LogP contribution >= 0.6 is 0 Å². The normalized spacial score (nSPS) is 22.3. The Kier molecular flexibility index (Phi) is 5.73. The molecule has 0 aromatic heterocycles. The van der Waals surface area contributed by atoms with E-state index in [2.05, 4.69) is 18.7 Å². The molecule has 0 saturated heterocycles. The molecule has 0 radical (unpaired) electrons. The molecule has 3 heteroatoms. The fourth-order valence-corrected chi connectivity index (χ4v) is 3.46. The Labute approximate surface area is 100 Å². The summed E-state index contributed by atoms with van der Waals surface area (Å²) >= 11 is 0. The van der Waals surface area contributed by atoms with Gasteiger partial charge in [-0.25, -0.2) is 0 Å². The molecule has 0 heterocycles. The largest absolute Gasteiger partial charge is 0.396 e. The van der Waals surface area contributed by atoms with Crippen molar-refractivity contribution in [1.82, 2.24) is 4.90 Å². The number of aliphatic hydroxyl groups excluding tert-OH is 1. The first-order chi connectivity index (χ1) is 7.75. The molecule has 1 aliphatic carbocycles. The number of nitrogens with two attached hydrogens (primary N) is 1. The number of nitrogens with zero attached hydrogens (tertiary/aromatic N) is 1. The predicted octanol–water partition coefficient (Wildman–Crippen LogP) is 1.60. The zero-order valence-corrected chi connectivity index (χ0v) is 10.9. The summed E-state index contributed by atoms with van der Waals surface area (Å²) in [6.07, 6.45) is 6.32. The zero-order chi connectivity index (χ0) is 12.0. The number of rotatable bonds is 6. The van der Waals surface area contributed by atoms with E-state index >= 15 is 0 Å². The van der Waals surface area contributed by atoms with Gasteiger partial charge in [-0.3, -0.25) is 4.90 Å². The Hall–Kier alpha value is -0.120. The van der Waals surface area contributed by atoms with Gasteiger partial charge in [-0.05, 0) is 32.5 Å². The highest BCUT2D eigenvalue weighted by atomic mass is 16.3. The molecule has 16 heavy (non-hydrogen) atoms. The smallest absolute Gasteiger partial charge is 0.0489 e. The van der Waals surface area contributed by atoms with Crippen molar-refractivity contribution in [1.29, 1.82) is 0 Å². The first-order valence-electron chi connectivity index (χ1n) is 6.81. The molecule has 3 nitrogen and oxygen atoms in total. The molecule has 1 aliphatic rings. The van der Waals surface area contributed by atoms with Crippen LogP contribution in [0.25, 0.3) is 0 Å². The minimum atomic E-state index is 0.172. The molecule has 3 N–H and O–H groups in total. The molecular formula is C13H28N2O. The highest BCUT2D eigenvalue weighted by Crippen LogP contribution is 2.39. The molecule has 0 spiro atoms. The van der Waals surface area contributed by atoms with Crippen LogP contribution in [0.4, 0.5) is 0 Å². The molecule has 0 aliphatic heterocycles. The summed E-state index contributed by atoms with van der Waals surface area (Å²) in [4.78, 5) is 2.53. The van der Waals surface area contributed by atoms with Crippen LogP contribution in [0.3, 0.4) is 0 Å². The van der Waals surface area contributed by atoms with E-state index in [4.69, 9.17) is 5.73 Å². The predicted molar refractivity (Wildman–Crippen MR) is 68.4 cm³/mol. The molecule has 1 fully saturated rings. The molecular weight excluding hydrogens is 200 g/mol. The summed E-state index contributed by atoms with van der Waals surface area (Å²) in [5.74, 6) is 0.243. The van der Waals surface area contributed by atoms with Gasteiger partial charge in [0.2, 0.25) is 0 Å². The van der Waals surface area contributed by atoms with Crippen molar-refractivity contribution >= 4 is 0 Å². The molecule has 0 bridgehead atoms. The second-order valence-corrected chi connectivity index (χ2v) is 4.95. The third-order valence-electron chi connectivity index (χ3n) is 4.38. The van der Waals surface area contributed by atoms with Gasteiger partial charge in [-0.2, -0.15) is 0 Å². The van der Waals surface area contributed by atoms with Crippen LogP contribution < -0.4 is 5.73 Å². The highest BCUT2D eigenvalue weighted by molar-refractivity contribution is 4.98. The number of hydrogen-bond acceptors (Lipinski definition) is 3. The minimum absolute atomic E-state index is 0.172. The Morgan fingerprint density at radius 1 is 1.19 bits per heavy atom. The Morgan fingerprint density at radius 3 is 2.12 bits per heavy atom. The van der Waals surface area contributed by atoms with Gasteiger partial charge in [0.15, 0.2) is 0 Å². The molecule has 1 rings (SSSR count). The summed E-state index contributed by atoms with van der Waals surface area (Å²) in [6, 6.07) is 0. The van der Waals surface area contributed by atoms with E-state index < -0.39 is 0 Å². The third-order valence-corrected chi connectivity index (χ3v) is 4.38. The van der Waals surface area contributed by atoms with E-state index in [1.807, 2.05) is 0 Å². The van der Waals surface area contributed by atoms with Crippen LogP contribution in [-0.4, -0.2) is 41.8 Å². The lowest BCUT2D eigenvalue weighted by molar-refractivity contribution is -0.0131. The average Bonchev–Trinajstić information content (AvgIpc) is 2.33. The number of hydrogen-bond donors (Lipinski definition) is 2. The summed E-state index contributed by atoms with van der Waals surface area (Å²) in [5.41, 5.74) is 6.03. The average molecular weight is 228 g/mol. The van der Waals surface area contributed by atoms with E-state index in [1.54, 1.807) is 0 Å². The van der Waals surface area contributed by atoms with Crippen LogP contribution in [0.2, 0.25) is 0 Å². The fraction of sp³-hybridized carbons (Fsp3) is 1.00. The van der Waals surface area contributed by atoms with E-state index in [0.717, 1.165) is 13.1 Å². The Morgan fingerprint density at radius 2 is 1.75 bits per heavy atom. The lowest BCUT2D eigenvalue weighted by Gasteiger charge is -2.50. The maximum Gasteiger partial charge on any atom is 0.0489 e. The topological polar surface area (TPSA) is 49.5 Å². The minimum Gasteiger partial charge on any atom is -0.396 e. The van der Waals surface area contributed by atoms with Crippen molar-refractivity contribution in [2.24, 2.45) is 11.7 Å². The third kappa shape index (κ3) is 2.58. The van der Waals surface area contributed by atoms with Crippen LogP contribution in [0.15, 0.2) is 0 Å². The van der Waals surface area contributed by atoms with Crippen LogP contribution in [-0.2, 0) is 0 Å². The van der Waals surface area contributed by atoms with Gasteiger partial charge < -0.3 is 10.8 Å². The molecule has 1 atom stereocenters. The standard InChI is InChI=1S/C13H28N2O/c1-3-15(4-2)13(12(10-14)11-16)8-6-5-7-9-13/h12,16H,3-11,14H2,1-2H3. The number of aliphatic hydroxyl groups is 1. The molecule has 0 aromatic rings. The highest BCUT2D eigenvalue weighted by Gasteiger charge is 2.42. The van der Waals surface area contributed by atoms with Crippen LogP contribution in [0.1, 0.15) is 46.0 Å². The van der Waals surface area contributed by atoms with E-state index in [0.29, 0.717) is 6.54 Å². The van der Waals surface area contributed by atoms with Gasteiger partial charge >= 0.3 is 0 Å². The molecule has 1 unspecified atom stereocenters. The molecule has 0 aromatic carbocycles. The molecule has 1 saturated carbocycles. The SMILES string of the molecule is CCN(CC)C1(C(CN)CO)CCCCC1. The quantitative estimate of drug-likeness (QED) is 0.726. The Bertz CT molecular complexity index is 168. The summed E-state index contributed by atoms with van der Waals surface area (Å²) in [6.45, 7) is 7.38. The maximum absolute atomic E-state index is 9.58. The summed E-state index contributed by atoms with van der Waals surface area (Å²) in [5, 5.41) is 9.58. The molecule has 96 valence electrons. The van der Waals surface area contributed by atoms with Crippen molar-refractivity contribution in [2.45, 2.75) is 51.5 Å². The van der Waals surface area contributed by atoms with E-state index in [-0.39, 0.29) is 18.1 Å². The van der Waals surface area contributed by atoms with Crippen molar-refractivity contribution in [2.75, 3.05) is 26.2 Å². The maximum atomic E-state index is 9.58. The van der Waals surface area contributed by atoms with Gasteiger partial charge in [-0.15, -0.1) is 0 Å². The summed E-state index contributed by atoms with van der Waals surface area (Å²) in [7, 11) is 0. The van der Waals surface area contributed by atoms with Gasteiger partial charge in [0, 0.05) is 18.1 Å². The van der Waals surface area contributed by atoms with Crippen molar-refractivity contribution in [3.05, 3.63) is 0 Å². The zero-order valence-electron chi connectivity index (χ0n) is 10.9. The van der Waals surface area contributed by atoms with Crippen LogP contribution in [0, 0.1) is 5.92 Å². The van der Waals surface area contributed by atoms with Crippen molar-refractivity contribution in [3.8, 4) is 0 Å². The monoisotopic (exact) mass is 228 g/mol. The fourth-order valence-electron chi connectivity index (χ4n) is 3.46. The van der Waals surface area contributed by atoms with Gasteiger partial charge in [0.25, 0.3) is 0 Å². The van der Waals surface area contributed by atoms with Gasteiger partial charge in [0.05, 0.1) is 0 Å². The van der Waals surface area contributed by atoms with Crippen LogP contribution in [0.5, 0.6) is 0 Å². The van der Waals surface area contributed by atoms with Gasteiger partial charge in [0.1, 0.15) is 0 Å². The lowest BCUT2D eigenvalue weighted by Crippen LogP contribution is -2.57. The van der Waals surface area contributed by atoms with E-state index in [1.165, 1.54) is 32.1 Å². The second-order valence-electron chi connectivity index (χ2n) is 4.95. The second kappa shape index (κ2) is 6.58. The van der Waals surface area contributed by atoms with Crippen molar-refractivity contribution in [3.63, 3.8) is 0 Å². The lowest BCUT2D eigenvalue weighted by atomic mass is 9.71. The Balaban J connectivity index is 2.89.